The zero-order valence-electron chi connectivity index (χ0n) is 24.0. The van der Waals surface area contributed by atoms with E-state index >= 15 is 8.78 Å². The Bertz CT molecular complexity index is 1870. The van der Waals surface area contributed by atoms with E-state index in [9.17, 15) is 24.0 Å². The van der Waals surface area contributed by atoms with Crippen LogP contribution in [0.1, 0.15) is 50.5 Å². The van der Waals surface area contributed by atoms with Crippen molar-refractivity contribution >= 4 is 29.1 Å². The van der Waals surface area contributed by atoms with E-state index in [1.54, 1.807) is 4.90 Å². The highest BCUT2D eigenvalue weighted by Crippen LogP contribution is 2.41. The van der Waals surface area contributed by atoms with Crippen LogP contribution < -0.4 is 15.0 Å². The van der Waals surface area contributed by atoms with Crippen molar-refractivity contribution in [2.75, 3.05) is 30.4 Å². The van der Waals surface area contributed by atoms with Gasteiger partial charge in [-0.05, 0) is 54.6 Å². The van der Waals surface area contributed by atoms with Crippen molar-refractivity contribution < 1.29 is 32.3 Å². The van der Waals surface area contributed by atoms with Crippen LogP contribution in [0.2, 0.25) is 0 Å². The summed E-state index contributed by atoms with van der Waals surface area (Å²) in [5.41, 5.74) is 0.0000140. The molecule has 3 heterocycles. The Morgan fingerprint density at radius 2 is 1.67 bits per heavy atom. The SMILES string of the molecule is COc1ccc(C(=O)Nc2cnn3c2C(=O)N(c2ccc(C(F)(F)c4ccc(F)cc4)cc2)[C@H]2CN(C(C)=O)C[C@@H]23)cc1C#N. The third kappa shape index (κ3) is 5.04. The number of hydrogen-bond acceptors (Lipinski definition) is 6. The van der Waals surface area contributed by atoms with Crippen molar-refractivity contribution in [1.29, 1.82) is 5.26 Å². The Morgan fingerprint density at radius 3 is 2.29 bits per heavy atom. The number of aromatic nitrogens is 2. The number of carbonyl (C=O) groups is 3. The van der Waals surface area contributed by atoms with Gasteiger partial charge >= 0.3 is 0 Å². The Hall–Kier alpha value is -5.64. The van der Waals surface area contributed by atoms with E-state index in [0.717, 1.165) is 24.3 Å². The van der Waals surface area contributed by atoms with Crippen molar-refractivity contribution in [3.63, 3.8) is 0 Å². The van der Waals surface area contributed by atoms with E-state index in [0.29, 0.717) is 11.4 Å². The minimum atomic E-state index is -3.43. The molecule has 2 aliphatic rings. The fourth-order valence-corrected chi connectivity index (χ4v) is 5.80. The Kier molecular flexibility index (Phi) is 7.28. The predicted molar refractivity (Wildman–Crippen MR) is 156 cm³/mol. The number of hydrogen-bond donors (Lipinski definition) is 1. The molecule has 1 saturated heterocycles. The maximum Gasteiger partial charge on any atom is 0.298 e. The lowest BCUT2D eigenvalue weighted by atomic mass is 9.99. The monoisotopic (exact) mass is 614 g/mol. The summed E-state index contributed by atoms with van der Waals surface area (Å²) in [4.78, 5) is 42.7. The van der Waals surface area contributed by atoms with Crippen LogP contribution in [0, 0.1) is 17.1 Å². The number of likely N-dealkylation sites (tertiary alicyclic amines) is 1. The molecule has 1 fully saturated rings. The Morgan fingerprint density at radius 1 is 1.02 bits per heavy atom. The van der Waals surface area contributed by atoms with Gasteiger partial charge in [0.1, 0.15) is 17.6 Å². The fourth-order valence-electron chi connectivity index (χ4n) is 5.80. The number of ether oxygens (including phenoxy) is 1. The molecule has 45 heavy (non-hydrogen) atoms. The number of benzene rings is 3. The number of nitrogens with one attached hydrogen (secondary N) is 1. The van der Waals surface area contributed by atoms with Crippen LogP contribution in [-0.4, -0.2) is 58.6 Å². The first-order valence-electron chi connectivity index (χ1n) is 13.8. The lowest BCUT2D eigenvalue weighted by Gasteiger charge is -2.37. The van der Waals surface area contributed by atoms with Gasteiger partial charge in [0, 0.05) is 42.4 Å². The average molecular weight is 615 g/mol. The molecule has 3 aromatic carbocycles. The van der Waals surface area contributed by atoms with Crippen molar-refractivity contribution in [2.45, 2.75) is 24.9 Å². The number of fused-ring (bicyclic) bond motifs is 3. The second-order valence-electron chi connectivity index (χ2n) is 10.7. The van der Waals surface area contributed by atoms with E-state index in [2.05, 4.69) is 10.4 Å². The standard InChI is InChI=1S/C32H25F3N6O4/c1-18(42)39-16-26-27(17-39)41-29(25(15-37-41)38-30(43)19-3-12-28(45-2)20(13-19)14-36)31(44)40(26)24-10-6-22(7-11-24)32(34,35)21-4-8-23(33)9-5-21/h3-13,15,26-27H,16-17H2,1-2H3,(H,38,43)/t26-,27-/m0/s1. The number of methoxy groups -OCH3 is 1. The molecule has 1 N–H and O–H groups in total. The number of carbonyl (C=O) groups excluding carboxylic acids is 3. The zero-order chi connectivity index (χ0) is 32.0. The molecule has 0 bridgehead atoms. The van der Waals surface area contributed by atoms with Gasteiger partial charge in [0.15, 0.2) is 5.69 Å². The molecule has 4 aromatic rings. The largest absolute Gasteiger partial charge is 0.495 e. The molecule has 0 radical (unpaired) electrons. The van der Waals surface area contributed by atoms with Gasteiger partial charge in [-0.3, -0.25) is 24.0 Å². The highest BCUT2D eigenvalue weighted by atomic mass is 19.3. The van der Waals surface area contributed by atoms with Gasteiger partial charge in [-0.2, -0.15) is 19.1 Å². The first-order chi connectivity index (χ1) is 21.5. The molecule has 0 unspecified atom stereocenters. The molecule has 3 amide bonds. The van der Waals surface area contributed by atoms with Gasteiger partial charge in [0.2, 0.25) is 5.91 Å². The third-order valence-corrected chi connectivity index (χ3v) is 8.11. The van der Waals surface area contributed by atoms with Gasteiger partial charge in [-0.1, -0.05) is 12.1 Å². The van der Waals surface area contributed by atoms with Crippen LogP contribution in [0.5, 0.6) is 5.75 Å². The average Bonchev–Trinajstić information content (AvgIpc) is 3.66. The second-order valence-corrected chi connectivity index (χ2v) is 10.7. The molecule has 0 saturated carbocycles. The number of alkyl halides is 2. The molecule has 1 aromatic heterocycles. The van der Waals surface area contributed by atoms with Crippen LogP contribution >= 0.6 is 0 Å². The number of halogens is 3. The molecule has 10 nitrogen and oxygen atoms in total. The number of nitriles is 1. The van der Waals surface area contributed by atoms with Gasteiger partial charge in [0.05, 0.1) is 36.6 Å². The summed E-state index contributed by atoms with van der Waals surface area (Å²) in [5.74, 6) is -5.13. The number of anilines is 2. The number of rotatable bonds is 6. The van der Waals surface area contributed by atoms with Crippen LogP contribution in [0.25, 0.3) is 0 Å². The van der Waals surface area contributed by atoms with Gasteiger partial charge in [-0.15, -0.1) is 0 Å². The van der Waals surface area contributed by atoms with E-state index in [1.807, 2.05) is 6.07 Å². The normalized spacial score (nSPS) is 17.4. The van der Waals surface area contributed by atoms with Crippen LogP contribution in [0.15, 0.2) is 72.9 Å². The van der Waals surface area contributed by atoms with Gasteiger partial charge in [0.25, 0.3) is 17.7 Å². The summed E-state index contributed by atoms with van der Waals surface area (Å²) >= 11 is 0. The quantitative estimate of drug-likeness (QED) is 0.336. The Balaban J connectivity index is 1.35. The van der Waals surface area contributed by atoms with Crippen LogP contribution in [-0.2, 0) is 10.7 Å². The highest BCUT2D eigenvalue weighted by Gasteiger charge is 2.48. The minimum absolute atomic E-state index is 0.0461. The lowest BCUT2D eigenvalue weighted by Crippen LogP contribution is -2.51. The van der Waals surface area contributed by atoms with Crippen molar-refractivity contribution in [3.8, 4) is 11.8 Å². The van der Waals surface area contributed by atoms with E-state index in [1.165, 1.54) is 72.3 Å². The molecule has 2 aliphatic heterocycles. The van der Waals surface area contributed by atoms with Crippen LogP contribution in [0.4, 0.5) is 24.5 Å². The topological polar surface area (TPSA) is 121 Å². The summed E-state index contributed by atoms with van der Waals surface area (Å²) in [5, 5.41) is 16.5. The molecule has 6 rings (SSSR count). The Labute approximate surface area is 255 Å². The first-order valence-corrected chi connectivity index (χ1v) is 13.8. The summed E-state index contributed by atoms with van der Waals surface area (Å²) in [6, 6.07) is 14.4. The first kappa shape index (κ1) is 29.4. The summed E-state index contributed by atoms with van der Waals surface area (Å²) in [6.07, 6.45) is 1.34. The number of nitrogens with zero attached hydrogens (tertiary/aromatic N) is 5. The molecule has 228 valence electrons. The van der Waals surface area contributed by atoms with Gasteiger partial charge < -0.3 is 15.0 Å². The van der Waals surface area contributed by atoms with Crippen molar-refractivity contribution in [3.05, 3.63) is 107 Å². The molecule has 0 spiro atoms. The maximum atomic E-state index is 15.3. The second kappa shape index (κ2) is 11.1. The molecular formula is C32H25F3N6O4. The van der Waals surface area contributed by atoms with Crippen LogP contribution in [0.3, 0.4) is 0 Å². The summed E-state index contributed by atoms with van der Waals surface area (Å²) in [6.45, 7) is 1.83. The molecule has 0 aliphatic carbocycles. The van der Waals surface area contributed by atoms with Gasteiger partial charge in [-0.25, -0.2) is 4.39 Å². The molecule has 13 heteroatoms. The highest BCUT2D eigenvalue weighted by molar-refractivity contribution is 6.13. The van der Waals surface area contributed by atoms with E-state index < -0.39 is 35.6 Å². The molecular weight excluding hydrogens is 589 g/mol. The smallest absolute Gasteiger partial charge is 0.298 e. The zero-order valence-corrected chi connectivity index (χ0v) is 24.0. The third-order valence-electron chi connectivity index (χ3n) is 8.11. The summed E-state index contributed by atoms with van der Waals surface area (Å²) in [7, 11) is 1.40. The molecule has 2 atom stereocenters. The number of amides is 3. The van der Waals surface area contributed by atoms with Crippen molar-refractivity contribution in [2.24, 2.45) is 0 Å². The van der Waals surface area contributed by atoms with E-state index in [4.69, 9.17) is 4.74 Å². The fraction of sp³-hybridized carbons (Fsp3) is 0.219. The summed E-state index contributed by atoms with van der Waals surface area (Å²) < 4.78 is 50.5. The predicted octanol–water partition coefficient (Wildman–Crippen LogP) is 4.73. The maximum absolute atomic E-state index is 15.3. The lowest BCUT2D eigenvalue weighted by molar-refractivity contribution is -0.127. The minimum Gasteiger partial charge on any atom is -0.495 e. The van der Waals surface area contributed by atoms with E-state index in [-0.39, 0.29) is 52.6 Å². The van der Waals surface area contributed by atoms with Crippen molar-refractivity contribution in [1.82, 2.24) is 14.7 Å².